The van der Waals surface area contributed by atoms with E-state index in [9.17, 15) is 9.59 Å². The van der Waals surface area contributed by atoms with Crippen LogP contribution in [-0.2, 0) is 19.1 Å². The van der Waals surface area contributed by atoms with Crippen molar-refractivity contribution in [3.63, 3.8) is 0 Å². The van der Waals surface area contributed by atoms with Crippen molar-refractivity contribution < 1.29 is 38.0 Å². The fraction of sp³-hybridized carbons (Fsp3) is 0.182. The number of hydrogen-bond donors (Lipinski definition) is 0. The SMILES string of the molecule is C=C(C)C(=O)OC(COc1ccc(OCC(COc2ccc(-c3ccccc3)cc2)OC(=O)C(=C)C)cc1)COc1ccc(-c2ccccc2)cc1. The van der Waals surface area contributed by atoms with E-state index in [1.807, 2.05) is 109 Å². The molecule has 0 saturated carbocycles. The summed E-state index contributed by atoms with van der Waals surface area (Å²) in [6, 6.07) is 42.4. The molecule has 0 aromatic heterocycles. The second-order valence-corrected chi connectivity index (χ2v) is 12.1. The van der Waals surface area contributed by atoms with E-state index >= 15 is 0 Å². The Kier molecular flexibility index (Phi) is 13.3. The Hall–Kier alpha value is -6.28. The van der Waals surface area contributed by atoms with Gasteiger partial charge < -0.3 is 28.4 Å². The summed E-state index contributed by atoms with van der Waals surface area (Å²) >= 11 is 0. The Morgan fingerprint density at radius 1 is 0.423 bits per heavy atom. The van der Waals surface area contributed by atoms with E-state index in [4.69, 9.17) is 28.4 Å². The fourth-order valence-corrected chi connectivity index (χ4v) is 4.87. The molecule has 0 amide bonds. The van der Waals surface area contributed by atoms with Crippen molar-refractivity contribution in [2.24, 2.45) is 0 Å². The number of benzene rings is 5. The largest absolute Gasteiger partial charge is 0.490 e. The number of carbonyl (C=O) groups is 2. The van der Waals surface area contributed by atoms with Crippen molar-refractivity contribution in [3.05, 3.63) is 158 Å². The van der Waals surface area contributed by atoms with E-state index in [1.165, 1.54) is 0 Å². The zero-order chi connectivity index (χ0) is 36.7. The van der Waals surface area contributed by atoms with Crippen LogP contribution in [0.5, 0.6) is 23.0 Å². The predicted molar refractivity (Wildman–Crippen MR) is 202 cm³/mol. The second kappa shape index (κ2) is 18.6. The monoisotopic (exact) mass is 698 g/mol. The molecule has 0 fully saturated rings. The van der Waals surface area contributed by atoms with Crippen molar-refractivity contribution in [3.8, 4) is 45.3 Å². The van der Waals surface area contributed by atoms with E-state index in [-0.39, 0.29) is 37.6 Å². The minimum atomic E-state index is -0.702. The molecule has 0 heterocycles. The van der Waals surface area contributed by atoms with Crippen LogP contribution in [0.15, 0.2) is 158 Å². The maximum Gasteiger partial charge on any atom is 0.333 e. The zero-order valence-electron chi connectivity index (χ0n) is 29.4. The predicted octanol–water partition coefficient (Wildman–Crippen LogP) is 8.91. The van der Waals surface area contributed by atoms with Gasteiger partial charge in [0.25, 0.3) is 0 Å². The molecular weight excluding hydrogens is 656 g/mol. The highest BCUT2D eigenvalue weighted by atomic mass is 16.6. The van der Waals surface area contributed by atoms with Gasteiger partial charge in [-0.2, -0.15) is 0 Å². The Bertz CT molecular complexity index is 1760. The van der Waals surface area contributed by atoms with Crippen molar-refractivity contribution in [2.45, 2.75) is 26.1 Å². The Labute approximate surface area is 304 Å². The van der Waals surface area contributed by atoms with Gasteiger partial charge in [0.15, 0.2) is 12.2 Å². The molecule has 0 aliphatic rings. The molecule has 5 rings (SSSR count). The number of rotatable bonds is 18. The molecule has 266 valence electrons. The molecule has 0 aliphatic heterocycles. The third kappa shape index (κ3) is 11.4. The summed E-state index contributed by atoms with van der Waals surface area (Å²) in [5.74, 6) is 1.27. The molecule has 52 heavy (non-hydrogen) atoms. The molecule has 0 aliphatic carbocycles. The Morgan fingerprint density at radius 2 is 0.673 bits per heavy atom. The number of hydrogen-bond acceptors (Lipinski definition) is 8. The Morgan fingerprint density at radius 3 is 0.942 bits per heavy atom. The molecule has 0 saturated heterocycles. The lowest BCUT2D eigenvalue weighted by molar-refractivity contribution is -0.148. The summed E-state index contributed by atoms with van der Waals surface area (Å²) in [4.78, 5) is 24.7. The Balaban J connectivity index is 1.13. The van der Waals surface area contributed by atoms with Crippen LogP contribution in [0.1, 0.15) is 13.8 Å². The van der Waals surface area contributed by atoms with Gasteiger partial charge in [-0.15, -0.1) is 0 Å². The first kappa shape index (κ1) is 37.0. The topological polar surface area (TPSA) is 89.5 Å². The molecule has 0 radical (unpaired) electrons. The van der Waals surface area contributed by atoms with Crippen LogP contribution < -0.4 is 18.9 Å². The number of carbonyl (C=O) groups excluding carboxylic acids is 2. The summed E-state index contributed by atoms with van der Waals surface area (Å²) in [5, 5.41) is 0. The van der Waals surface area contributed by atoms with Gasteiger partial charge in [-0.3, -0.25) is 0 Å². The number of ether oxygens (including phenoxy) is 6. The molecular formula is C44H42O8. The first-order chi connectivity index (χ1) is 25.2. The van der Waals surface area contributed by atoms with E-state index < -0.39 is 24.1 Å². The van der Waals surface area contributed by atoms with Crippen molar-refractivity contribution in [2.75, 3.05) is 26.4 Å². The van der Waals surface area contributed by atoms with Gasteiger partial charge in [0.1, 0.15) is 49.4 Å². The third-order valence-electron chi connectivity index (χ3n) is 7.73. The van der Waals surface area contributed by atoms with Crippen molar-refractivity contribution in [1.29, 1.82) is 0 Å². The van der Waals surface area contributed by atoms with E-state index in [1.54, 1.807) is 38.1 Å². The average Bonchev–Trinajstić information content (AvgIpc) is 3.18. The highest BCUT2D eigenvalue weighted by molar-refractivity contribution is 5.87. The van der Waals surface area contributed by atoms with Gasteiger partial charge in [-0.25, -0.2) is 9.59 Å². The molecule has 2 unspecified atom stereocenters. The van der Waals surface area contributed by atoms with Gasteiger partial charge in [0.2, 0.25) is 0 Å². The molecule has 0 N–H and O–H groups in total. The van der Waals surface area contributed by atoms with Crippen LogP contribution >= 0.6 is 0 Å². The maximum absolute atomic E-state index is 12.4. The smallest absolute Gasteiger partial charge is 0.333 e. The quantitative estimate of drug-likeness (QED) is 0.0662. The lowest BCUT2D eigenvalue weighted by Crippen LogP contribution is -2.31. The van der Waals surface area contributed by atoms with E-state index in [0.29, 0.717) is 23.0 Å². The first-order valence-electron chi connectivity index (χ1n) is 16.9. The van der Waals surface area contributed by atoms with E-state index in [0.717, 1.165) is 22.3 Å². The third-order valence-corrected chi connectivity index (χ3v) is 7.73. The molecule has 0 bridgehead atoms. The zero-order valence-corrected chi connectivity index (χ0v) is 29.4. The minimum absolute atomic E-state index is 0.0456. The minimum Gasteiger partial charge on any atom is -0.490 e. The fourth-order valence-electron chi connectivity index (χ4n) is 4.87. The van der Waals surface area contributed by atoms with Gasteiger partial charge in [0, 0.05) is 11.1 Å². The highest BCUT2D eigenvalue weighted by Crippen LogP contribution is 2.24. The van der Waals surface area contributed by atoms with Crippen LogP contribution in [0.3, 0.4) is 0 Å². The second-order valence-electron chi connectivity index (χ2n) is 12.1. The molecule has 8 heteroatoms. The summed E-state index contributed by atoms with van der Waals surface area (Å²) in [6.45, 7) is 10.8. The molecule has 5 aromatic rings. The molecule has 8 nitrogen and oxygen atoms in total. The van der Waals surface area contributed by atoms with Gasteiger partial charge >= 0.3 is 11.9 Å². The maximum atomic E-state index is 12.4. The average molecular weight is 699 g/mol. The summed E-state index contributed by atoms with van der Waals surface area (Å²) < 4.78 is 35.0. The van der Waals surface area contributed by atoms with Crippen LogP contribution in [0, 0.1) is 0 Å². The summed E-state index contributed by atoms with van der Waals surface area (Å²) in [5.41, 5.74) is 4.89. The standard InChI is InChI=1S/C44H42O8/c1-31(2)43(45)51-41(27-47-37-19-15-35(16-20-37)33-11-7-5-8-12-33)29-49-39-23-25-40(26-24-39)50-30-42(52-44(46)32(3)4)28-48-38-21-17-36(18-22-38)34-13-9-6-10-14-34/h5-26,41-42H,1,3,27-30H2,2,4H3. The molecule has 2 atom stereocenters. The lowest BCUT2D eigenvalue weighted by atomic mass is 10.1. The van der Waals surface area contributed by atoms with Gasteiger partial charge in [0.05, 0.1) is 0 Å². The normalized spacial score (nSPS) is 11.7. The van der Waals surface area contributed by atoms with Gasteiger partial charge in [-0.1, -0.05) is 98.1 Å². The summed E-state index contributed by atoms with van der Waals surface area (Å²) in [7, 11) is 0. The molecule has 5 aromatic carbocycles. The van der Waals surface area contributed by atoms with E-state index in [2.05, 4.69) is 13.2 Å². The van der Waals surface area contributed by atoms with Crippen LogP contribution in [0.25, 0.3) is 22.3 Å². The first-order valence-corrected chi connectivity index (χ1v) is 16.9. The van der Waals surface area contributed by atoms with Crippen LogP contribution in [0.2, 0.25) is 0 Å². The van der Waals surface area contributed by atoms with Gasteiger partial charge in [-0.05, 0) is 84.6 Å². The number of esters is 2. The highest BCUT2D eigenvalue weighted by Gasteiger charge is 2.19. The van der Waals surface area contributed by atoms with Crippen LogP contribution in [-0.4, -0.2) is 50.6 Å². The van der Waals surface area contributed by atoms with Crippen LogP contribution in [0.4, 0.5) is 0 Å². The lowest BCUT2D eigenvalue weighted by Gasteiger charge is -2.20. The summed E-state index contributed by atoms with van der Waals surface area (Å²) in [6.07, 6.45) is -1.40. The van der Waals surface area contributed by atoms with Crippen molar-refractivity contribution >= 4 is 11.9 Å². The van der Waals surface area contributed by atoms with Crippen molar-refractivity contribution in [1.82, 2.24) is 0 Å². The molecule has 0 spiro atoms.